The molecular formula is C23H20N2O4. The number of fused-ring (bicyclic) bond motifs is 1. The molecule has 4 rings (SSSR count). The SMILES string of the molecule is C[C@H]1COc2cc(O[C@@H](c3ccncc3)c3ccc(C(N)=O)cc3)ccc2C1=O. The number of benzene rings is 2. The van der Waals surface area contributed by atoms with E-state index in [0.717, 1.165) is 11.1 Å². The number of amides is 1. The molecule has 29 heavy (non-hydrogen) atoms. The second-order valence-electron chi connectivity index (χ2n) is 7.00. The smallest absolute Gasteiger partial charge is 0.248 e. The van der Waals surface area contributed by atoms with Crippen LogP contribution in [0.3, 0.4) is 0 Å². The molecule has 1 aliphatic rings. The maximum atomic E-state index is 12.3. The van der Waals surface area contributed by atoms with Crippen molar-refractivity contribution in [2.75, 3.05) is 6.61 Å². The summed E-state index contributed by atoms with van der Waals surface area (Å²) in [6.07, 6.45) is 2.95. The van der Waals surface area contributed by atoms with E-state index in [0.29, 0.717) is 29.2 Å². The van der Waals surface area contributed by atoms with Gasteiger partial charge in [0.05, 0.1) is 18.1 Å². The van der Waals surface area contributed by atoms with Crippen LogP contribution in [0, 0.1) is 5.92 Å². The van der Waals surface area contributed by atoms with Crippen molar-refractivity contribution < 1.29 is 19.1 Å². The first-order chi connectivity index (χ1) is 14.0. The summed E-state index contributed by atoms with van der Waals surface area (Å²) >= 11 is 0. The summed E-state index contributed by atoms with van der Waals surface area (Å²) < 4.78 is 12.0. The van der Waals surface area contributed by atoms with Gasteiger partial charge < -0.3 is 15.2 Å². The van der Waals surface area contributed by atoms with Crippen molar-refractivity contribution in [1.82, 2.24) is 4.98 Å². The minimum absolute atomic E-state index is 0.0746. The first-order valence-corrected chi connectivity index (χ1v) is 9.30. The molecule has 0 spiro atoms. The second-order valence-corrected chi connectivity index (χ2v) is 7.00. The molecule has 146 valence electrons. The van der Waals surface area contributed by atoms with Crippen LogP contribution in [0.15, 0.2) is 67.0 Å². The van der Waals surface area contributed by atoms with Crippen LogP contribution in [0.25, 0.3) is 0 Å². The average Bonchev–Trinajstić information content (AvgIpc) is 2.75. The Bertz CT molecular complexity index is 1050. The molecule has 2 atom stereocenters. The molecule has 0 unspecified atom stereocenters. The molecule has 0 bridgehead atoms. The number of hydrogen-bond donors (Lipinski definition) is 1. The number of rotatable bonds is 5. The molecule has 0 saturated heterocycles. The van der Waals surface area contributed by atoms with Crippen molar-refractivity contribution in [3.05, 3.63) is 89.2 Å². The van der Waals surface area contributed by atoms with E-state index in [1.54, 1.807) is 42.7 Å². The first-order valence-electron chi connectivity index (χ1n) is 9.30. The topological polar surface area (TPSA) is 91.5 Å². The van der Waals surface area contributed by atoms with Gasteiger partial charge in [-0.1, -0.05) is 19.1 Å². The molecule has 2 N–H and O–H groups in total. The molecule has 1 aromatic heterocycles. The van der Waals surface area contributed by atoms with Crippen molar-refractivity contribution in [3.63, 3.8) is 0 Å². The number of ketones is 1. The highest BCUT2D eigenvalue weighted by molar-refractivity contribution is 6.01. The predicted octanol–water partition coefficient (Wildman–Crippen LogP) is 3.56. The van der Waals surface area contributed by atoms with Gasteiger partial charge in [0.25, 0.3) is 0 Å². The van der Waals surface area contributed by atoms with Crippen LogP contribution in [0.1, 0.15) is 44.9 Å². The lowest BCUT2D eigenvalue weighted by Crippen LogP contribution is -2.25. The van der Waals surface area contributed by atoms with Gasteiger partial charge in [-0.15, -0.1) is 0 Å². The predicted molar refractivity (Wildman–Crippen MR) is 107 cm³/mol. The molecular weight excluding hydrogens is 368 g/mol. The van der Waals surface area contributed by atoms with E-state index < -0.39 is 12.0 Å². The van der Waals surface area contributed by atoms with Crippen molar-refractivity contribution in [2.45, 2.75) is 13.0 Å². The van der Waals surface area contributed by atoms with Crippen LogP contribution in [0.2, 0.25) is 0 Å². The lowest BCUT2D eigenvalue weighted by molar-refractivity contribution is 0.0847. The zero-order chi connectivity index (χ0) is 20.4. The molecule has 2 heterocycles. The molecule has 0 aliphatic carbocycles. The third kappa shape index (κ3) is 3.82. The van der Waals surface area contributed by atoms with E-state index in [9.17, 15) is 9.59 Å². The van der Waals surface area contributed by atoms with Crippen molar-refractivity contribution in [1.29, 1.82) is 0 Å². The summed E-state index contributed by atoms with van der Waals surface area (Å²) in [6, 6.07) is 15.9. The number of nitrogens with zero attached hydrogens (tertiary/aromatic N) is 1. The Labute approximate surface area is 168 Å². The quantitative estimate of drug-likeness (QED) is 0.722. The lowest BCUT2D eigenvalue weighted by Gasteiger charge is -2.24. The fourth-order valence-electron chi connectivity index (χ4n) is 3.28. The van der Waals surface area contributed by atoms with Gasteiger partial charge in [-0.05, 0) is 47.5 Å². The average molecular weight is 388 g/mol. The fraction of sp³-hybridized carbons (Fsp3) is 0.174. The largest absolute Gasteiger partial charge is 0.492 e. The Kier molecular flexibility index (Phi) is 4.99. The number of carbonyl (C=O) groups is 2. The molecule has 3 aromatic rings. The van der Waals surface area contributed by atoms with Crippen LogP contribution < -0.4 is 15.2 Å². The van der Waals surface area contributed by atoms with Gasteiger partial charge in [0.1, 0.15) is 17.6 Å². The van der Waals surface area contributed by atoms with E-state index in [2.05, 4.69) is 4.98 Å². The molecule has 6 heteroatoms. The first kappa shape index (κ1) is 18.7. The van der Waals surface area contributed by atoms with Gasteiger partial charge >= 0.3 is 0 Å². The maximum absolute atomic E-state index is 12.3. The molecule has 0 saturated carbocycles. The van der Waals surface area contributed by atoms with Crippen molar-refractivity contribution in [3.8, 4) is 11.5 Å². The number of Topliss-reactive ketones (excluding diaryl/α,β-unsaturated/α-hetero) is 1. The Morgan fingerprint density at radius 2 is 1.79 bits per heavy atom. The highest BCUT2D eigenvalue weighted by Gasteiger charge is 2.26. The summed E-state index contributed by atoms with van der Waals surface area (Å²) in [5, 5.41) is 0. The zero-order valence-electron chi connectivity index (χ0n) is 15.9. The Hall–Kier alpha value is -3.67. The summed E-state index contributed by atoms with van der Waals surface area (Å²) in [4.78, 5) is 27.7. The highest BCUT2D eigenvalue weighted by atomic mass is 16.5. The zero-order valence-corrected chi connectivity index (χ0v) is 15.9. The number of pyridine rings is 1. The second kappa shape index (κ2) is 7.75. The van der Waals surface area contributed by atoms with E-state index >= 15 is 0 Å². The number of carbonyl (C=O) groups excluding carboxylic acids is 2. The van der Waals surface area contributed by atoms with Crippen LogP contribution in [0.5, 0.6) is 11.5 Å². The summed E-state index contributed by atoms with van der Waals surface area (Å²) in [6.45, 7) is 2.21. The van der Waals surface area contributed by atoms with Crippen LogP contribution >= 0.6 is 0 Å². The van der Waals surface area contributed by atoms with Gasteiger partial charge in [0.2, 0.25) is 5.91 Å². The number of aromatic nitrogens is 1. The Balaban J connectivity index is 1.68. The Morgan fingerprint density at radius 3 is 2.48 bits per heavy atom. The van der Waals surface area contributed by atoms with Crippen LogP contribution in [0.4, 0.5) is 0 Å². The minimum Gasteiger partial charge on any atom is -0.492 e. The minimum atomic E-state index is -0.483. The maximum Gasteiger partial charge on any atom is 0.248 e. The number of primary amides is 1. The van der Waals surface area contributed by atoms with Crippen LogP contribution in [-0.4, -0.2) is 23.3 Å². The van der Waals surface area contributed by atoms with E-state index in [1.807, 2.05) is 31.2 Å². The summed E-state index contributed by atoms with van der Waals surface area (Å²) in [5.74, 6) is 0.548. The molecule has 0 fully saturated rings. The van der Waals surface area contributed by atoms with Crippen molar-refractivity contribution in [2.24, 2.45) is 11.7 Å². The van der Waals surface area contributed by atoms with E-state index in [1.165, 1.54) is 0 Å². The van der Waals surface area contributed by atoms with Gasteiger partial charge in [-0.3, -0.25) is 14.6 Å². The molecule has 1 aliphatic heterocycles. The van der Waals surface area contributed by atoms with Gasteiger partial charge in [0.15, 0.2) is 5.78 Å². The van der Waals surface area contributed by atoms with Crippen LogP contribution in [-0.2, 0) is 0 Å². The molecule has 0 radical (unpaired) electrons. The summed E-state index contributed by atoms with van der Waals surface area (Å²) in [5.41, 5.74) is 8.09. The third-order valence-corrected chi connectivity index (χ3v) is 4.92. The molecule has 1 amide bonds. The van der Waals surface area contributed by atoms with E-state index in [-0.39, 0.29) is 11.7 Å². The third-order valence-electron chi connectivity index (χ3n) is 4.92. The molecule has 2 aromatic carbocycles. The monoisotopic (exact) mass is 388 g/mol. The molecule has 6 nitrogen and oxygen atoms in total. The van der Waals surface area contributed by atoms with Crippen molar-refractivity contribution >= 4 is 11.7 Å². The van der Waals surface area contributed by atoms with E-state index in [4.69, 9.17) is 15.2 Å². The number of nitrogens with two attached hydrogens (primary N) is 1. The van der Waals surface area contributed by atoms with Gasteiger partial charge in [-0.2, -0.15) is 0 Å². The number of ether oxygens (including phenoxy) is 2. The van der Waals surface area contributed by atoms with Gasteiger partial charge in [-0.25, -0.2) is 0 Å². The number of hydrogen-bond acceptors (Lipinski definition) is 5. The summed E-state index contributed by atoms with van der Waals surface area (Å²) in [7, 11) is 0. The highest BCUT2D eigenvalue weighted by Crippen LogP contribution is 2.34. The van der Waals surface area contributed by atoms with Gasteiger partial charge in [0, 0.05) is 24.0 Å². The normalized spacial score (nSPS) is 16.4. The Morgan fingerprint density at radius 1 is 1.10 bits per heavy atom. The standard InChI is InChI=1S/C23H20N2O4/c1-14-13-28-20-12-18(6-7-19(20)21(14)26)29-22(16-8-10-25-11-9-16)15-2-4-17(5-3-15)23(24)27/h2-12,14,22H,13H2,1H3,(H2,24,27)/t14-,22+/m0/s1. The fourth-order valence-corrected chi connectivity index (χ4v) is 3.28. The lowest BCUT2D eigenvalue weighted by atomic mass is 9.96.